The van der Waals surface area contributed by atoms with E-state index in [0.29, 0.717) is 34.8 Å². The smallest absolute Gasteiger partial charge is 0.387 e. The Kier molecular flexibility index (Phi) is 6.07. The highest BCUT2D eigenvalue weighted by molar-refractivity contribution is 7.98. The van der Waals surface area contributed by atoms with Crippen molar-refractivity contribution < 1.29 is 17.9 Å². The van der Waals surface area contributed by atoms with E-state index in [2.05, 4.69) is 37.0 Å². The number of tetrazole rings is 1. The van der Waals surface area contributed by atoms with E-state index in [4.69, 9.17) is 4.42 Å². The molecule has 0 saturated carbocycles. The maximum Gasteiger partial charge on any atom is 0.387 e. The first kappa shape index (κ1) is 20.7. The molecule has 0 unspecified atom stereocenters. The highest BCUT2D eigenvalue weighted by Gasteiger charge is 2.18. The summed E-state index contributed by atoms with van der Waals surface area (Å²) in [5.41, 5.74) is 1.47. The molecule has 0 saturated heterocycles. The van der Waals surface area contributed by atoms with Gasteiger partial charge in [0.15, 0.2) is 16.8 Å². The topological polar surface area (TPSA) is 96.7 Å². The van der Waals surface area contributed by atoms with Crippen LogP contribution in [-0.4, -0.2) is 41.6 Å². The van der Waals surface area contributed by atoms with Crippen molar-refractivity contribution in [2.45, 2.75) is 31.0 Å². The third kappa shape index (κ3) is 4.48. The van der Waals surface area contributed by atoms with Crippen molar-refractivity contribution in [3.63, 3.8) is 0 Å². The molecule has 160 valence electrons. The zero-order valence-electron chi connectivity index (χ0n) is 16.4. The van der Waals surface area contributed by atoms with E-state index in [-0.39, 0.29) is 5.75 Å². The maximum atomic E-state index is 12.3. The van der Waals surface area contributed by atoms with Crippen LogP contribution in [0.4, 0.5) is 8.78 Å². The third-order valence-corrected chi connectivity index (χ3v) is 5.26. The highest BCUT2D eigenvalue weighted by Crippen LogP contribution is 2.28. The van der Waals surface area contributed by atoms with Crippen molar-refractivity contribution in [1.82, 2.24) is 35.0 Å². The predicted octanol–water partition coefficient (Wildman–Crippen LogP) is 3.90. The summed E-state index contributed by atoms with van der Waals surface area (Å²) in [6, 6.07) is 7.90. The molecule has 0 bridgehead atoms. The van der Waals surface area contributed by atoms with Gasteiger partial charge in [0.25, 0.3) is 0 Å². The van der Waals surface area contributed by atoms with Gasteiger partial charge in [0.2, 0.25) is 0 Å². The summed E-state index contributed by atoms with van der Waals surface area (Å²) in [6.45, 7) is 3.31. The number of aryl methyl sites for hydroxylation is 1. The number of halogens is 2. The molecule has 0 aliphatic carbocycles. The summed E-state index contributed by atoms with van der Waals surface area (Å²) in [6.07, 6.45) is 3.37. The maximum absolute atomic E-state index is 12.3. The molecule has 3 aromatic heterocycles. The number of aromatic nitrogens is 7. The number of hydrogen-bond acceptors (Lipinski definition) is 8. The van der Waals surface area contributed by atoms with Crippen molar-refractivity contribution in [3.05, 3.63) is 60.8 Å². The van der Waals surface area contributed by atoms with Crippen molar-refractivity contribution >= 4 is 11.8 Å². The standard InChI is InChI=1S/C19H17F2N7O2S/c1-3-9-27-17(15-8-10-29-12(15)2)23-24-19(27)31-11-16-22-25-26-28(16)13-4-6-14(7-5-13)30-18(20)21/h3-8,10,18H,1,9,11H2,2H3. The summed E-state index contributed by atoms with van der Waals surface area (Å²) in [4.78, 5) is 0. The number of thioether (sulfide) groups is 1. The van der Waals surface area contributed by atoms with E-state index in [1.807, 2.05) is 17.6 Å². The first-order valence-corrected chi connectivity index (χ1v) is 10.1. The van der Waals surface area contributed by atoms with Crippen LogP contribution in [0.2, 0.25) is 0 Å². The van der Waals surface area contributed by atoms with Gasteiger partial charge in [0, 0.05) is 6.54 Å². The molecule has 0 N–H and O–H groups in total. The van der Waals surface area contributed by atoms with Gasteiger partial charge >= 0.3 is 6.61 Å². The van der Waals surface area contributed by atoms with Crippen LogP contribution in [0, 0.1) is 6.92 Å². The summed E-state index contributed by atoms with van der Waals surface area (Å²) in [5, 5.41) is 21.0. The number of allylic oxidation sites excluding steroid dienone is 1. The van der Waals surface area contributed by atoms with E-state index in [0.717, 1.165) is 11.3 Å². The molecule has 0 amide bonds. The Morgan fingerprint density at radius 2 is 2.00 bits per heavy atom. The highest BCUT2D eigenvalue weighted by atomic mass is 32.2. The van der Waals surface area contributed by atoms with Crippen molar-refractivity contribution in [2.24, 2.45) is 0 Å². The van der Waals surface area contributed by atoms with Gasteiger partial charge in [0.05, 0.1) is 23.3 Å². The lowest BCUT2D eigenvalue weighted by atomic mass is 10.2. The van der Waals surface area contributed by atoms with Gasteiger partial charge in [-0.1, -0.05) is 17.8 Å². The fraction of sp³-hybridized carbons (Fsp3) is 0.211. The molecule has 0 aliphatic rings. The fourth-order valence-corrected chi connectivity index (χ4v) is 3.75. The van der Waals surface area contributed by atoms with Crippen LogP contribution in [0.1, 0.15) is 11.6 Å². The molecule has 4 rings (SSSR count). The molecular weight excluding hydrogens is 428 g/mol. The van der Waals surface area contributed by atoms with Gasteiger partial charge in [0.1, 0.15) is 11.5 Å². The van der Waals surface area contributed by atoms with E-state index >= 15 is 0 Å². The van der Waals surface area contributed by atoms with Crippen LogP contribution >= 0.6 is 11.8 Å². The van der Waals surface area contributed by atoms with Gasteiger partial charge in [-0.25, -0.2) is 0 Å². The van der Waals surface area contributed by atoms with Gasteiger partial charge in [-0.05, 0) is 47.7 Å². The van der Waals surface area contributed by atoms with Crippen LogP contribution in [-0.2, 0) is 12.3 Å². The van der Waals surface area contributed by atoms with Crippen LogP contribution < -0.4 is 4.74 Å². The average Bonchev–Trinajstić information content (AvgIpc) is 3.47. The number of rotatable bonds is 9. The summed E-state index contributed by atoms with van der Waals surface area (Å²) in [7, 11) is 0. The molecule has 0 spiro atoms. The lowest BCUT2D eigenvalue weighted by molar-refractivity contribution is -0.0498. The Balaban J connectivity index is 1.53. The molecule has 12 heteroatoms. The number of hydrogen-bond donors (Lipinski definition) is 0. The second kappa shape index (κ2) is 9.08. The van der Waals surface area contributed by atoms with Gasteiger partial charge in [-0.3, -0.25) is 4.57 Å². The summed E-state index contributed by atoms with van der Waals surface area (Å²) in [5.74, 6) is 2.45. The Labute approximate surface area is 179 Å². The van der Waals surface area contributed by atoms with Crippen LogP contribution in [0.5, 0.6) is 5.75 Å². The Morgan fingerprint density at radius 3 is 2.68 bits per heavy atom. The number of nitrogens with zero attached hydrogens (tertiary/aromatic N) is 7. The molecule has 0 atom stereocenters. The molecule has 0 aliphatic heterocycles. The number of furan rings is 1. The normalized spacial score (nSPS) is 11.2. The second-order valence-corrected chi connectivity index (χ2v) is 7.21. The Morgan fingerprint density at radius 1 is 1.19 bits per heavy atom. The Bertz CT molecular complexity index is 1170. The van der Waals surface area contributed by atoms with Crippen LogP contribution in [0.3, 0.4) is 0 Å². The first-order chi connectivity index (χ1) is 15.1. The van der Waals surface area contributed by atoms with Gasteiger partial charge in [-0.15, -0.1) is 21.9 Å². The van der Waals surface area contributed by atoms with Gasteiger partial charge < -0.3 is 9.15 Å². The molecule has 1 aromatic carbocycles. The summed E-state index contributed by atoms with van der Waals surface area (Å²) >= 11 is 1.41. The lowest BCUT2D eigenvalue weighted by Crippen LogP contribution is -2.05. The number of alkyl halides is 2. The monoisotopic (exact) mass is 445 g/mol. The first-order valence-electron chi connectivity index (χ1n) is 9.10. The average molecular weight is 445 g/mol. The number of benzene rings is 1. The molecule has 3 heterocycles. The van der Waals surface area contributed by atoms with Gasteiger partial charge in [-0.2, -0.15) is 13.5 Å². The zero-order chi connectivity index (χ0) is 21.8. The van der Waals surface area contributed by atoms with E-state index in [1.165, 1.54) is 28.6 Å². The molecular formula is C19H17F2N7O2S. The molecule has 4 aromatic rings. The van der Waals surface area contributed by atoms with Crippen LogP contribution in [0.15, 0.2) is 58.8 Å². The van der Waals surface area contributed by atoms with Crippen molar-refractivity contribution in [2.75, 3.05) is 0 Å². The zero-order valence-corrected chi connectivity index (χ0v) is 17.2. The van der Waals surface area contributed by atoms with E-state index in [1.54, 1.807) is 24.5 Å². The van der Waals surface area contributed by atoms with Crippen molar-refractivity contribution in [3.8, 4) is 22.8 Å². The van der Waals surface area contributed by atoms with Crippen molar-refractivity contribution in [1.29, 1.82) is 0 Å². The third-order valence-electron chi connectivity index (χ3n) is 4.30. The minimum atomic E-state index is -2.88. The molecule has 0 radical (unpaired) electrons. The molecule has 0 fully saturated rings. The predicted molar refractivity (Wildman–Crippen MR) is 108 cm³/mol. The Hall–Kier alpha value is -3.54. The molecule has 9 nitrogen and oxygen atoms in total. The summed E-state index contributed by atoms with van der Waals surface area (Å²) < 4.78 is 37.9. The van der Waals surface area contributed by atoms with E-state index in [9.17, 15) is 8.78 Å². The fourth-order valence-electron chi connectivity index (χ4n) is 2.90. The lowest BCUT2D eigenvalue weighted by Gasteiger charge is -2.08. The largest absolute Gasteiger partial charge is 0.469 e. The molecule has 31 heavy (non-hydrogen) atoms. The van der Waals surface area contributed by atoms with Crippen LogP contribution in [0.25, 0.3) is 17.1 Å². The SMILES string of the molecule is C=CCn1c(SCc2nnnn2-c2ccc(OC(F)F)cc2)nnc1-c1ccoc1C. The second-order valence-electron chi connectivity index (χ2n) is 6.26. The minimum absolute atomic E-state index is 0.0577. The van der Waals surface area contributed by atoms with E-state index < -0.39 is 6.61 Å². The minimum Gasteiger partial charge on any atom is -0.469 e. The quantitative estimate of drug-likeness (QED) is 0.283. The number of ether oxygens (including phenoxy) is 1.